The Morgan fingerprint density at radius 3 is 2.47 bits per heavy atom. The van der Waals surface area contributed by atoms with Crippen LogP contribution in [-0.4, -0.2) is 32.5 Å². The van der Waals surface area contributed by atoms with Gasteiger partial charge >= 0.3 is 0 Å². The number of hydrogen-bond acceptors (Lipinski definition) is 5. The van der Waals surface area contributed by atoms with Gasteiger partial charge in [-0.2, -0.15) is 0 Å². The van der Waals surface area contributed by atoms with Crippen LogP contribution in [0.4, 0.5) is 5.69 Å². The van der Waals surface area contributed by atoms with E-state index in [0.717, 1.165) is 30.0 Å². The topological polar surface area (TPSA) is 69.0 Å². The number of carbonyl (C=O) groups excluding carboxylic acids is 1. The zero-order valence-corrected chi connectivity index (χ0v) is 20.0. The molecule has 1 N–H and O–H groups in total. The van der Waals surface area contributed by atoms with Gasteiger partial charge in [0.25, 0.3) is 0 Å². The van der Waals surface area contributed by atoms with Crippen LogP contribution in [0.15, 0.2) is 47.6 Å². The number of nitrogens with zero attached hydrogens (tertiary/aromatic N) is 3. The number of hydrogen-bond donors (Lipinski definition) is 1. The number of ether oxygens (including phenoxy) is 1. The first-order valence-corrected chi connectivity index (χ1v) is 12.4. The van der Waals surface area contributed by atoms with Crippen LogP contribution >= 0.6 is 35.0 Å². The number of carbonyl (C=O) groups is 1. The summed E-state index contributed by atoms with van der Waals surface area (Å²) < 4.78 is 8.04. The summed E-state index contributed by atoms with van der Waals surface area (Å²) >= 11 is 13.6. The number of anilines is 1. The molecule has 0 radical (unpaired) electrons. The second-order valence-corrected chi connectivity index (χ2v) is 9.29. The van der Waals surface area contributed by atoms with Gasteiger partial charge in [0.2, 0.25) is 5.91 Å². The second kappa shape index (κ2) is 10.6. The lowest BCUT2D eigenvalue weighted by atomic mass is 10.2. The quantitative estimate of drug-likeness (QED) is 0.373. The van der Waals surface area contributed by atoms with E-state index < -0.39 is 0 Å². The van der Waals surface area contributed by atoms with E-state index in [-0.39, 0.29) is 11.7 Å². The molecule has 1 amide bonds. The predicted molar refractivity (Wildman–Crippen MR) is 130 cm³/mol. The number of halogens is 2. The van der Waals surface area contributed by atoms with Crippen LogP contribution in [0, 0.1) is 0 Å². The summed E-state index contributed by atoms with van der Waals surface area (Å²) in [7, 11) is 0. The van der Waals surface area contributed by atoms with Crippen molar-refractivity contribution in [3.63, 3.8) is 0 Å². The van der Waals surface area contributed by atoms with Crippen molar-refractivity contribution >= 4 is 46.6 Å². The van der Waals surface area contributed by atoms with Crippen molar-refractivity contribution in [2.24, 2.45) is 0 Å². The molecule has 1 heterocycles. The molecule has 3 aromatic rings. The maximum atomic E-state index is 12.4. The minimum absolute atomic E-state index is 0.161. The van der Waals surface area contributed by atoms with E-state index in [4.69, 9.17) is 27.9 Å². The second-order valence-electron chi connectivity index (χ2n) is 7.53. The summed E-state index contributed by atoms with van der Waals surface area (Å²) in [6.45, 7) is 2.71. The molecular formula is C23H24Cl2N4O2S. The molecule has 6 nitrogen and oxygen atoms in total. The Morgan fingerprint density at radius 2 is 1.81 bits per heavy atom. The molecule has 0 unspecified atom stereocenters. The molecule has 32 heavy (non-hydrogen) atoms. The molecule has 4 rings (SSSR count). The van der Waals surface area contributed by atoms with Crippen LogP contribution in [0.1, 0.15) is 32.6 Å². The average Bonchev–Trinajstić information content (AvgIpc) is 3.45. The Morgan fingerprint density at radius 1 is 1.12 bits per heavy atom. The molecular weight excluding hydrogens is 467 g/mol. The molecule has 1 aliphatic rings. The minimum atomic E-state index is -0.217. The van der Waals surface area contributed by atoms with Crippen LogP contribution in [0.25, 0.3) is 11.4 Å². The Bertz CT molecular complexity index is 1060. The van der Waals surface area contributed by atoms with Crippen molar-refractivity contribution in [2.75, 3.05) is 11.1 Å². The highest BCUT2D eigenvalue weighted by Gasteiger charge is 2.18. The third-order valence-electron chi connectivity index (χ3n) is 5.31. The van der Waals surface area contributed by atoms with Crippen LogP contribution in [0.2, 0.25) is 10.0 Å². The molecule has 1 saturated carbocycles. The molecule has 0 bridgehead atoms. The number of para-hydroxylation sites is 1. The van der Waals surface area contributed by atoms with Gasteiger partial charge in [-0.25, -0.2) is 0 Å². The van der Waals surface area contributed by atoms with E-state index in [1.165, 1.54) is 24.6 Å². The highest BCUT2D eigenvalue weighted by molar-refractivity contribution is 7.99. The van der Waals surface area contributed by atoms with Crippen LogP contribution < -0.4 is 10.1 Å². The molecule has 0 saturated heterocycles. The molecule has 9 heteroatoms. The van der Waals surface area contributed by atoms with Gasteiger partial charge in [-0.3, -0.25) is 4.79 Å². The van der Waals surface area contributed by atoms with Crippen molar-refractivity contribution in [2.45, 2.75) is 50.4 Å². The molecule has 1 aromatic heterocycles. The first-order chi connectivity index (χ1) is 15.5. The standard InChI is InChI=1S/C23H24Cl2N4O2S/c1-2-29-22(15-10-12-17(13-11-15)31-16-6-3-4-7-16)27-28-23(29)32-14-20(30)26-21-18(24)8-5-9-19(21)25/h5,8-13,16H,2-4,6-7,14H2,1H3,(H,26,30). The Labute approximate surface area is 201 Å². The van der Waals surface area contributed by atoms with E-state index in [1.807, 2.05) is 35.8 Å². The molecule has 0 atom stereocenters. The van der Waals surface area contributed by atoms with E-state index in [0.29, 0.717) is 33.5 Å². The molecule has 0 aliphatic heterocycles. The van der Waals surface area contributed by atoms with Crippen molar-refractivity contribution < 1.29 is 9.53 Å². The summed E-state index contributed by atoms with van der Waals surface area (Å²) in [6, 6.07) is 13.1. The number of benzene rings is 2. The van der Waals surface area contributed by atoms with Crippen molar-refractivity contribution in [1.82, 2.24) is 14.8 Å². The average molecular weight is 491 g/mol. The van der Waals surface area contributed by atoms with E-state index in [1.54, 1.807) is 18.2 Å². The maximum Gasteiger partial charge on any atom is 0.234 e. The minimum Gasteiger partial charge on any atom is -0.490 e. The van der Waals surface area contributed by atoms with Crippen LogP contribution in [-0.2, 0) is 11.3 Å². The summed E-state index contributed by atoms with van der Waals surface area (Å²) in [5.74, 6) is 1.59. The predicted octanol–water partition coefficient (Wildman–Crippen LogP) is 6.32. The lowest BCUT2D eigenvalue weighted by molar-refractivity contribution is -0.113. The largest absolute Gasteiger partial charge is 0.490 e. The van der Waals surface area contributed by atoms with Gasteiger partial charge < -0.3 is 14.6 Å². The third-order valence-corrected chi connectivity index (χ3v) is 6.91. The highest BCUT2D eigenvalue weighted by atomic mass is 35.5. The summed E-state index contributed by atoms with van der Waals surface area (Å²) in [5, 5.41) is 12.9. The fourth-order valence-corrected chi connectivity index (χ4v) is 4.99. The fourth-order valence-electron chi connectivity index (χ4n) is 3.70. The fraction of sp³-hybridized carbons (Fsp3) is 0.348. The SMILES string of the molecule is CCn1c(SCC(=O)Nc2c(Cl)cccc2Cl)nnc1-c1ccc(OC2CCCC2)cc1. The maximum absolute atomic E-state index is 12.4. The van der Waals surface area contributed by atoms with Gasteiger partial charge in [0, 0.05) is 12.1 Å². The van der Waals surface area contributed by atoms with E-state index >= 15 is 0 Å². The highest BCUT2D eigenvalue weighted by Crippen LogP contribution is 2.31. The number of aromatic nitrogens is 3. The Hall–Kier alpha value is -2.22. The number of thioether (sulfide) groups is 1. The lowest BCUT2D eigenvalue weighted by Crippen LogP contribution is -2.15. The zero-order chi connectivity index (χ0) is 22.5. The van der Waals surface area contributed by atoms with Gasteiger partial charge in [-0.15, -0.1) is 10.2 Å². The summed E-state index contributed by atoms with van der Waals surface area (Å²) in [6.07, 6.45) is 5.07. The van der Waals surface area contributed by atoms with Crippen molar-refractivity contribution in [1.29, 1.82) is 0 Å². The van der Waals surface area contributed by atoms with Crippen molar-refractivity contribution in [3.05, 3.63) is 52.5 Å². The van der Waals surface area contributed by atoms with E-state index in [9.17, 15) is 4.79 Å². The summed E-state index contributed by atoms with van der Waals surface area (Å²) in [4.78, 5) is 12.4. The van der Waals surface area contributed by atoms with Gasteiger partial charge in [0.1, 0.15) is 5.75 Å². The first-order valence-electron chi connectivity index (χ1n) is 10.6. The Kier molecular flexibility index (Phi) is 7.60. The Balaban J connectivity index is 1.41. The molecule has 1 fully saturated rings. The zero-order valence-electron chi connectivity index (χ0n) is 17.7. The number of amides is 1. The smallest absolute Gasteiger partial charge is 0.234 e. The monoisotopic (exact) mass is 490 g/mol. The van der Waals surface area contributed by atoms with Crippen LogP contribution in [0.5, 0.6) is 5.75 Å². The molecule has 2 aromatic carbocycles. The molecule has 168 valence electrons. The third kappa shape index (κ3) is 5.39. The van der Waals surface area contributed by atoms with Gasteiger partial charge in [0.05, 0.1) is 27.6 Å². The van der Waals surface area contributed by atoms with Crippen molar-refractivity contribution in [3.8, 4) is 17.1 Å². The van der Waals surface area contributed by atoms with Gasteiger partial charge in [-0.1, -0.05) is 41.0 Å². The number of rotatable bonds is 8. The van der Waals surface area contributed by atoms with E-state index in [2.05, 4.69) is 15.5 Å². The van der Waals surface area contributed by atoms with Gasteiger partial charge in [-0.05, 0) is 69.0 Å². The first kappa shape index (κ1) is 23.0. The van der Waals surface area contributed by atoms with Crippen LogP contribution in [0.3, 0.4) is 0 Å². The normalized spacial score (nSPS) is 14.0. The molecule has 0 spiro atoms. The number of nitrogens with one attached hydrogen (secondary N) is 1. The van der Waals surface area contributed by atoms with Gasteiger partial charge in [0.15, 0.2) is 11.0 Å². The lowest BCUT2D eigenvalue weighted by Gasteiger charge is -2.13. The summed E-state index contributed by atoms with van der Waals surface area (Å²) in [5.41, 5.74) is 1.37. The molecule has 1 aliphatic carbocycles.